The van der Waals surface area contributed by atoms with Crippen LogP contribution in [0, 0.1) is 0 Å². The number of hydrogen-bond acceptors (Lipinski definition) is 5. The standard InChI is InChI=1S/C15H16N2O3/c18-13-8-9-19-10-12(13)15-16-14(17-20-15)7-6-11-4-2-1-3-5-11/h1-5,12H,6-10H2. The highest BCUT2D eigenvalue weighted by Gasteiger charge is 2.29. The molecule has 20 heavy (non-hydrogen) atoms. The quantitative estimate of drug-likeness (QED) is 0.850. The summed E-state index contributed by atoms with van der Waals surface area (Å²) in [6.07, 6.45) is 1.98. The number of benzene rings is 1. The summed E-state index contributed by atoms with van der Waals surface area (Å²) in [6.45, 7) is 0.837. The first-order chi connectivity index (χ1) is 9.83. The van der Waals surface area contributed by atoms with E-state index in [4.69, 9.17) is 9.26 Å². The summed E-state index contributed by atoms with van der Waals surface area (Å²) in [5.41, 5.74) is 1.23. The minimum Gasteiger partial charge on any atom is -0.380 e. The third-order valence-corrected chi connectivity index (χ3v) is 3.43. The first kappa shape index (κ1) is 13.0. The molecule has 0 aliphatic carbocycles. The van der Waals surface area contributed by atoms with Gasteiger partial charge in [0.2, 0.25) is 5.89 Å². The van der Waals surface area contributed by atoms with Crippen molar-refractivity contribution in [2.45, 2.75) is 25.2 Å². The van der Waals surface area contributed by atoms with Crippen LogP contribution in [0.1, 0.15) is 29.6 Å². The second-order valence-corrected chi connectivity index (χ2v) is 4.88. The summed E-state index contributed by atoms with van der Waals surface area (Å²) >= 11 is 0. The van der Waals surface area contributed by atoms with Gasteiger partial charge in [-0.15, -0.1) is 0 Å². The molecule has 1 aromatic heterocycles. The Kier molecular flexibility index (Phi) is 3.87. The number of aryl methyl sites for hydroxylation is 2. The van der Waals surface area contributed by atoms with Crippen molar-refractivity contribution in [3.05, 3.63) is 47.6 Å². The predicted octanol–water partition coefficient (Wildman–Crippen LogP) is 1.93. The van der Waals surface area contributed by atoms with Crippen molar-refractivity contribution in [2.75, 3.05) is 13.2 Å². The Balaban J connectivity index is 1.63. The lowest BCUT2D eigenvalue weighted by atomic mass is 10.0. The second kappa shape index (κ2) is 5.96. The van der Waals surface area contributed by atoms with Crippen LogP contribution in [0.2, 0.25) is 0 Å². The minimum atomic E-state index is -0.387. The minimum absolute atomic E-state index is 0.120. The van der Waals surface area contributed by atoms with E-state index >= 15 is 0 Å². The predicted molar refractivity (Wildman–Crippen MR) is 71.3 cm³/mol. The van der Waals surface area contributed by atoms with Gasteiger partial charge < -0.3 is 9.26 Å². The molecule has 1 aliphatic heterocycles. The topological polar surface area (TPSA) is 65.2 Å². The summed E-state index contributed by atoms with van der Waals surface area (Å²) in [5, 5.41) is 3.95. The average molecular weight is 272 g/mol. The van der Waals surface area contributed by atoms with Crippen LogP contribution in [0.25, 0.3) is 0 Å². The lowest BCUT2D eigenvalue weighted by Crippen LogP contribution is -2.25. The summed E-state index contributed by atoms with van der Waals surface area (Å²) in [4.78, 5) is 16.1. The van der Waals surface area contributed by atoms with Crippen molar-refractivity contribution in [3.8, 4) is 0 Å². The van der Waals surface area contributed by atoms with E-state index in [-0.39, 0.29) is 11.7 Å². The third kappa shape index (κ3) is 2.93. The van der Waals surface area contributed by atoms with Crippen LogP contribution in [-0.2, 0) is 22.4 Å². The molecule has 1 fully saturated rings. The Bertz CT molecular complexity index is 580. The normalized spacial score (nSPS) is 19.2. The lowest BCUT2D eigenvalue weighted by molar-refractivity contribution is -0.127. The lowest BCUT2D eigenvalue weighted by Gasteiger charge is -2.17. The molecule has 1 saturated heterocycles. The zero-order valence-electron chi connectivity index (χ0n) is 11.1. The highest BCUT2D eigenvalue weighted by molar-refractivity contribution is 5.85. The largest absolute Gasteiger partial charge is 0.380 e. The molecule has 1 unspecified atom stereocenters. The SMILES string of the molecule is O=C1CCOCC1c1nc(CCc2ccccc2)no1. The molecule has 1 aromatic carbocycles. The highest BCUT2D eigenvalue weighted by atomic mass is 16.5. The molecule has 2 aromatic rings. The highest BCUT2D eigenvalue weighted by Crippen LogP contribution is 2.21. The fourth-order valence-electron chi connectivity index (χ4n) is 2.26. The number of carbonyl (C=O) groups excluding carboxylic acids is 1. The molecule has 1 atom stereocenters. The molecule has 2 heterocycles. The van der Waals surface area contributed by atoms with Crippen LogP contribution in [0.15, 0.2) is 34.9 Å². The van der Waals surface area contributed by atoms with Gasteiger partial charge in [-0.1, -0.05) is 35.5 Å². The Morgan fingerprint density at radius 3 is 2.85 bits per heavy atom. The number of ether oxygens (including phenoxy) is 1. The molecule has 3 rings (SSSR count). The van der Waals surface area contributed by atoms with Crippen LogP contribution >= 0.6 is 0 Å². The molecule has 0 spiro atoms. The van der Waals surface area contributed by atoms with Crippen LogP contribution in [-0.4, -0.2) is 29.1 Å². The molecule has 0 saturated carbocycles. The number of carbonyl (C=O) groups is 1. The van der Waals surface area contributed by atoms with Gasteiger partial charge in [-0.25, -0.2) is 0 Å². The zero-order valence-corrected chi connectivity index (χ0v) is 11.1. The maximum Gasteiger partial charge on any atom is 0.239 e. The van der Waals surface area contributed by atoms with Crippen molar-refractivity contribution in [1.82, 2.24) is 10.1 Å². The van der Waals surface area contributed by atoms with Crippen LogP contribution in [0.4, 0.5) is 0 Å². The third-order valence-electron chi connectivity index (χ3n) is 3.43. The Morgan fingerprint density at radius 1 is 1.20 bits per heavy atom. The molecular weight excluding hydrogens is 256 g/mol. The van der Waals surface area contributed by atoms with E-state index in [1.54, 1.807) is 0 Å². The van der Waals surface area contributed by atoms with Crippen LogP contribution < -0.4 is 0 Å². The number of Topliss-reactive ketones (excluding diaryl/α,β-unsaturated/α-hetero) is 1. The fourth-order valence-corrected chi connectivity index (χ4v) is 2.26. The smallest absolute Gasteiger partial charge is 0.239 e. The first-order valence-corrected chi connectivity index (χ1v) is 6.80. The van der Waals surface area contributed by atoms with Crippen molar-refractivity contribution in [1.29, 1.82) is 0 Å². The molecule has 0 bridgehead atoms. The molecule has 0 amide bonds. The number of ketones is 1. The Morgan fingerprint density at radius 2 is 2.05 bits per heavy atom. The van der Waals surface area contributed by atoms with E-state index < -0.39 is 0 Å². The zero-order chi connectivity index (χ0) is 13.8. The molecule has 5 nitrogen and oxygen atoms in total. The molecule has 104 valence electrons. The summed E-state index contributed by atoms with van der Waals surface area (Å²) in [7, 11) is 0. The van der Waals surface area contributed by atoms with Crippen molar-refractivity contribution in [3.63, 3.8) is 0 Å². The van der Waals surface area contributed by atoms with Gasteiger partial charge in [-0.05, 0) is 12.0 Å². The molecule has 0 radical (unpaired) electrons. The molecule has 5 heteroatoms. The number of nitrogens with zero attached hydrogens (tertiary/aromatic N) is 2. The maximum absolute atomic E-state index is 11.8. The maximum atomic E-state index is 11.8. The van der Waals surface area contributed by atoms with Gasteiger partial charge in [-0.2, -0.15) is 4.98 Å². The van der Waals surface area contributed by atoms with Gasteiger partial charge >= 0.3 is 0 Å². The van der Waals surface area contributed by atoms with Gasteiger partial charge in [0.25, 0.3) is 0 Å². The molecule has 0 N–H and O–H groups in total. The number of rotatable bonds is 4. The molecule has 1 aliphatic rings. The van der Waals surface area contributed by atoms with E-state index in [2.05, 4.69) is 22.3 Å². The van der Waals surface area contributed by atoms with Crippen molar-refractivity contribution < 1.29 is 14.1 Å². The number of hydrogen-bond donors (Lipinski definition) is 0. The van der Waals surface area contributed by atoms with Crippen LogP contribution in [0.5, 0.6) is 0 Å². The average Bonchev–Trinajstić information content (AvgIpc) is 2.95. The Hall–Kier alpha value is -2.01. The van der Waals surface area contributed by atoms with Crippen molar-refractivity contribution in [2.24, 2.45) is 0 Å². The fraction of sp³-hybridized carbons (Fsp3) is 0.400. The second-order valence-electron chi connectivity index (χ2n) is 4.88. The van der Waals surface area contributed by atoms with E-state index in [1.807, 2.05) is 18.2 Å². The van der Waals surface area contributed by atoms with Gasteiger partial charge in [0.05, 0.1) is 13.2 Å². The summed E-state index contributed by atoms with van der Waals surface area (Å²) < 4.78 is 10.5. The molecular formula is C15H16N2O3. The van der Waals surface area contributed by atoms with E-state index in [0.29, 0.717) is 37.8 Å². The van der Waals surface area contributed by atoms with Gasteiger partial charge in [0.1, 0.15) is 11.7 Å². The Labute approximate surface area is 116 Å². The summed E-state index contributed by atoms with van der Waals surface area (Å²) in [6, 6.07) is 10.1. The van der Waals surface area contributed by atoms with E-state index in [0.717, 1.165) is 6.42 Å². The van der Waals surface area contributed by atoms with Crippen molar-refractivity contribution >= 4 is 5.78 Å². The van der Waals surface area contributed by atoms with Gasteiger partial charge in [-0.3, -0.25) is 4.79 Å². The summed E-state index contributed by atoms with van der Waals surface area (Å²) in [5.74, 6) is 0.760. The number of aromatic nitrogens is 2. The monoisotopic (exact) mass is 272 g/mol. The van der Waals surface area contributed by atoms with E-state index in [9.17, 15) is 4.79 Å². The van der Waals surface area contributed by atoms with E-state index in [1.165, 1.54) is 5.56 Å². The van der Waals surface area contributed by atoms with Gasteiger partial charge in [0, 0.05) is 12.8 Å². The van der Waals surface area contributed by atoms with Gasteiger partial charge in [0.15, 0.2) is 5.82 Å². The van der Waals surface area contributed by atoms with Crippen LogP contribution in [0.3, 0.4) is 0 Å². The first-order valence-electron chi connectivity index (χ1n) is 6.80.